The predicted octanol–water partition coefficient (Wildman–Crippen LogP) is 11.6. The van der Waals surface area contributed by atoms with Crippen LogP contribution in [-0.4, -0.2) is 31.5 Å². The average molecular weight is 958 g/mol. The van der Waals surface area contributed by atoms with Crippen molar-refractivity contribution in [3.05, 3.63) is 132 Å². The SMILES string of the molecule is [2H]C(C)(c1ccnc(-c2[c-]ccc3c2oc2ncc(-c4ccccc4)cc23)c1)C1CCCCC1.[2H]C([2H])([2H])c1c[c-]c(-c2cc(C([2H])([2H])C(C)(C)C)[c]([Ge])cn2)c(F)c1.[Ir]. The molecule has 1 atom stereocenters. The molecule has 1 unspecified atom stereocenters. The molecule has 3 aromatic carbocycles. The number of halogens is 1. The number of aryl methyl sites for hydroxylation is 1. The number of furan rings is 1. The largest absolute Gasteiger partial charge is 0 e. The van der Waals surface area contributed by atoms with E-state index in [0.29, 0.717) is 21.6 Å². The van der Waals surface area contributed by atoms with E-state index in [1.807, 2.05) is 48.8 Å². The van der Waals surface area contributed by atoms with Gasteiger partial charge >= 0.3 is 135 Å². The Kier molecular flexibility index (Phi) is 10.3. The van der Waals surface area contributed by atoms with Crippen LogP contribution in [0.15, 0.2) is 102 Å². The van der Waals surface area contributed by atoms with Gasteiger partial charge in [-0.15, -0.1) is 18.2 Å². The van der Waals surface area contributed by atoms with Gasteiger partial charge in [-0.25, -0.2) is 4.98 Å². The van der Waals surface area contributed by atoms with Crippen LogP contribution in [0.3, 0.4) is 0 Å². The topological polar surface area (TPSA) is 51.8 Å². The minimum atomic E-state index is -2.41. The van der Waals surface area contributed by atoms with Crippen molar-refractivity contribution >= 4 is 43.0 Å². The van der Waals surface area contributed by atoms with Gasteiger partial charge in [0, 0.05) is 44.8 Å². The maximum absolute atomic E-state index is 14.4. The van der Waals surface area contributed by atoms with Crippen molar-refractivity contribution in [2.24, 2.45) is 11.3 Å². The molecule has 0 amide bonds. The van der Waals surface area contributed by atoms with Crippen molar-refractivity contribution < 1.29 is 37.1 Å². The molecular weight excluding hydrogens is 906 g/mol. The van der Waals surface area contributed by atoms with E-state index in [4.69, 9.17) is 11.3 Å². The minimum absolute atomic E-state index is 0. The molecule has 54 heavy (non-hydrogen) atoms. The summed E-state index contributed by atoms with van der Waals surface area (Å²) >= 11 is 1.76. The summed E-state index contributed by atoms with van der Waals surface area (Å²) in [6, 6.07) is 30.1. The summed E-state index contributed by atoms with van der Waals surface area (Å²) in [5, 5.41) is 1.98. The Morgan fingerprint density at radius 2 is 1.70 bits per heavy atom. The molecule has 0 bridgehead atoms. The summed E-state index contributed by atoms with van der Waals surface area (Å²) < 4.78 is 69.4. The second-order valence-corrected chi connectivity index (χ2v) is 15.8. The summed E-state index contributed by atoms with van der Waals surface area (Å²) in [4.78, 5) is 13.5. The number of pyridine rings is 3. The molecule has 0 N–H and O–H groups in total. The van der Waals surface area contributed by atoms with Crippen LogP contribution in [0.5, 0.6) is 0 Å². The molecule has 276 valence electrons. The van der Waals surface area contributed by atoms with Crippen molar-refractivity contribution in [1.82, 2.24) is 15.0 Å². The van der Waals surface area contributed by atoms with E-state index in [-0.39, 0.29) is 36.9 Å². The summed E-state index contributed by atoms with van der Waals surface area (Å²) in [5.41, 5.74) is 6.04. The minimum Gasteiger partial charge on any atom is 0 e. The second kappa shape index (κ2) is 17.2. The standard InChI is InChI=1S/C30H27N2O.C17H18FGeN.Ir/c1-20(21-9-4-2-5-10-21)23-15-16-31-28(18-23)26-14-8-13-25-27-17-24(22-11-6-3-7-12-22)19-32-30(27)33-29(25)26;1-11-5-6-13(14(18)7-11)16-8-12(9-17(2,3)4)15(19)10-20-16;/h3,6-8,11-13,15-21H,2,4-5,9-10H2,1H3;5,7-8,10H,9H2,1-4H3;/q2*-1;/i20D;1D3,9D2;. The van der Waals surface area contributed by atoms with E-state index in [1.165, 1.54) is 37.6 Å². The van der Waals surface area contributed by atoms with Crippen LogP contribution < -0.4 is 4.40 Å². The molecule has 1 aliphatic carbocycles. The Bertz CT molecular complexity index is 2620. The monoisotopic (exact) mass is 959 g/mol. The zero-order chi connectivity index (χ0) is 42.3. The fourth-order valence-electron chi connectivity index (χ4n) is 6.95. The molecule has 0 spiro atoms. The first-order valence-corrected chi connectivity index (χ1v) is 19.1. The molecule has 4 nitrogen and oxygen atoms in total. The number of hydrogen-bond donors (Lipinski definition) is 0. The fraction of sp³-hybridized carbons (Fsp3) is 0.298. The number of benzene rings is 3. The summed E-state index contributed by atoms with van der Waals surface area (Å²) in [5.74, 6) is -0.998. The van der Waals surface area contributed by atoms with E-state index in [9.17, 15) is 5.76 Å². The quantitative estimate of drug-likeness (QED) is 0.123. The Labute approximate surface area is 349 Å². The van der Waals surface area contributed by atoms with E-state index in [2.05, 4.69) is 58.3 Å². The van der Waals surface area contributed by atoms with E-state index in [1.54, 1.807) is 37.3 Å². The molecule has 4 heterocycles. The molecule has 1 aliphatic rings. The Morgan fingerprint density at radius 3 is 2.44 bits per heavy atom. The zero-order valence-electron chi connectivity index (χ0n) is 36.8. The van der Waals surface area contributed by atoms with E-state index < -0.39 is 30.4 Å². The van der Waals surface area contributed by atoms with Crippen LogP contribution in [0.1, 0.15) is 90.6 Å². The summed E-state index contributed by atoms with van der Waals surface area (Å²) in [6.07, 6.45) is 9.51. The third-order valence-electron chi connectivity index (χ3n) is 9.65. The summed E-state index contributed by atoms with van der Waals surface area (Å²) in [6.45, 7) is 5.03. The molecule has 4 aromatic heterocycles. The molecule has 1 fully saturated rings. The Morgan fingerprint density at radius 1 is 0.926 bits per heavy atom. The summed E-state index contributed by atoms with van der Waals surface area (Å²) in [7, 11) is 0. The van der Waals surface area contributed by atoms with Crippen LogP contribution in [0.25, 0.3) is 55.7 Å². The van der Waals surface area contributed by atoms with Crippen LogP contribution in [0.4, 0.5) is 4.39 Å². The maximum Gasteiger partial charge on any atom is 0 e. The maximum atomic E-state index is 14.4. The normalized spacial score (nSPS) is 16.7. The number of rotatable bonds is 6. The van der Waals surface area contributed by atoms with Gasteiger partial charge in [0.05, 0.1) is 5.58 Å². The second-order valence-electron chi connectivity index (χ2n) is 14.7. The van der Waals surface area contributed by atoms with Crippen molar-refractivity contribution in [2.45, 2.75) is 78.9 Å². The van der Waals surface area contributed by atoms with Crippen LogP contribution in [-0.2, 0) is 26.5 Å². The molecule has 4 radical (unpaired) electrons. The van der Waals surface area contributed by atoms with Gasteiger partial charge in [0.25, 0.3) is 0 Å². The van der Waals surface area contributed by atoms with Crippen molar-refractivity contribution in [1.29, 1.82) is 0 Å². The van der Waals surface area contributed by atoms with Crippen LogP contribution in [0, 0.1) is 36.1 Å². The van der Waals surface area contributed by atoms with Crippen molar-refractivity contribution in [2.75, 3.05) is 0 Å². The first-order chi connectivity index (χ1) is 27.9. The van der Waals surface area contributed by atoms with Gasteiger partial charge in [-0.3, -0.25) is 0 Å². The zero-order valence-corrected chi connectivity index (χ0v) is 35.3. The van der Waals surface area contributed by atoms with Gasteiger partial charge in [0.1, 0.15) is 0 Å². The van der Waals surface area contributed by atoms with Gasteiger partial charge in [-0.2, -0.15) is 0 Å². The van der Waals surface area contributed by atoms with Gasteiger partial charge in [0.2, 0.25) is 5.71 Å². The number of aromatic nitrogens is 3. The first-order valence-electron chi connectivity index (χ1n) is 21.1. The molecular formula is C47H45FGeIrN3O-2. The van der Waals surface area contributed by atoms with E-state index >= 15 is 0 Å². The Hall–Kier alpha value is -3.97. The average Bonchev–Trinajstić information content (AvgIpc) is 3.59. The van der Waals surface area contributed by atoms with Gasteiger partial charge in [-0.05, 0) is 48.0 Å². The molecule has 7 heteroatoms. The third-order valence-corrected chi connectivity index (χ3v) is 10.5. The van der Waals surface area contributed by atoms with Gasteiger partial charge < -0.3 is 9.40 Å². The van der Waals surface area contributed by atoms with Gasteiger partial charge in [-0.1, -0.05) is 79.1 Å². The molecule has 0 saturated heterocycles. The van der Waals surface area contributed by atoms with Crippen LogP contribution >= 0.6 is 0 Å². The van der Waals surface area contributed by atoms with Crippen LogP contribution in [0.2, 0.25) is 0 Å². The molecule has 0 aliphatic heterocycles. The molecule has 8 rings (SSSR count). The smallest absolute Gasteiger partial charge is 0 e. The van der Waals surface area contributed by atoms with E-state index in [0.717, 1.165) is 63.2 Å². The first kappa shape index (κ1) is 32.3. The molecule has 1 saturated carbocycles. The Balaban J connectivity index is 0.000000208. The number of fused-ring (bicyclic) bond motifs is 3. The van der Waals surface area contributed by atoms with Crippen molar-refractivity contribution in [3.63, 3.8) is 0 Å². The fourth-order valence-corrected chi connectivity index (χ4v) is 7.37. The third kappa shape index (κ3) is 9.10. The predicted molar refractivity (Wildman–Crippen MR) is 216 cm³/mol. The number of hydrogen-bond acceptors (Lipinski definition) is 4. The molecule has 7 aromatic rings. The van der Waals surface area contributed by atoms with Crippen molar-refractivity contribution in [3.8, 4) is 33.6 Å². The number of nitrogens with zero attached hydrogens (tertiary/aromatic N) is 3. The van der Waals surface area contributed by atoms with Gasteiger partial charge in [0.15, 0.2) is 0 Å².